The maximum absolute atomic E-state index is 13.4. The van der Waals surface area contributed by atoms with E-state index in [1.54, 1.807) is 0 Å². The molecule has 0 aromatic heterocycles. The summed E-state index contributed by atoms with van der Waals surface area (Å²) >= 11 is 0. The number of nitriles is 1. The average molecular weight is 353 g/mol. The number of hydrogen-bond acceptors (Lipinski definition) is 4. The van der Waals surface area contributed by atoms with Crippen molar-refractivity contribution >= 4 is 5.91 Å². The lowest BCUT2D eigenvalue weighted by molar-refractivity contribution is -0.150. The van der Waals surface area contributed by atoms with E-state index in [0.717, 1.165) is 71.5 Å². The first-order valence-electron chi connectivity index (χ1n) is 9.80. The Balaban J connectivity index is 1.42. The van der Waals surface area contributed by atoms with Crippen LogP contribution in [0.3, 0.4) is 0 Å². The lowest BCUT2D eigenvalue weighted by Crippen LogP contribution is -2.54. The van der Waals surface area contributed by atoms with Crippen molar-refractivity contribution in [3.05, 3.63) is 35.4 Å². The van der Waals surface area contributed by atoms with Gasteiger partial charge in [-0.25, -0.2) is 0 Å². The van der Waals surface area contributed by atoms with E-state index in [0.29, 0.717) is 17.5 Å². The van der Waals surface area contributed by atoms with E-state index in [4.69, 9.17) is 10.00 Å². The molecule has 1 aromatic carbocycles. The van der Waals surface area contributed by atoms with E-state index in [1.807, 2.05) is 24.3 Å². The van der Waals surface area contributed by atoms with Gasteiger partial charge in [-0.3, -0.25) is 9.69 Å². The van der Waals surface area contributed by atoms with Gasteiger partial charge in [0.25, 0.3) is 0 Å². The largest absolute Gasteiger partial charge is 0.381 e. The molecule has 0 bridgehead atoms. The normalized spacial score (nSPS) is 27.8. The van der Waals surface area contributed by atoms with Crippen molar-refractivity contribution in [2.45, 2.75) is 44.7 Å². The minimum Gasteiger partial charge on any atom is -0.381 e. The molecule has 3 aliphatic heterocycles. The number of carbonyl (C=O) groups is 1. The number of benzene rings is 1. The predicted molar refractivity (Wildman–Crippen MR) is 98.3 cm³/mol. The zero-order valence-corrected chi connectivity index (χ0v) is 15.3. The minimum atomic E-state index is -0.177. The second-order valence-electron chi connectivity index (χ2n) is 8.00. The SMILES string of the molecule is N#Cc1ccc(CN2CC[C@@]3(CCCN(C4CCOCC4)C3=O)C2)cc1. The molecule has 0 saturated carbocycles. The molecule has 0 unspecified atom stereocenters. The summed E-state index contributed by atoms with van der Waals surface area (Å²) in [6, 6.07) is 10.3. The Morgan fingerprint density at radius 1 is 1.15 bits per heavy atom. The van der Waals surface area contributed by atoms with Gasteiger partial charge >= 0.3 is 0 Å². The van der Waals surface area contributed by atoms with Gasteiger partial charge in [-0.05, 0) is 56.3 Å². The molecule has 3 saturated heterocycles. The zero-order valence-electron chi connectivity index (χ0n) is 15.3. The highest BCUT2D eigenvalue weighted by Gasteiger charge is 2.49. The fourth-order valence-corrected chi connectivity index (χ4v) is 4.86. The summed E-state index contributed by atoms with van der Waals surface area (Å²) in [5.74, 6) is 0.387. The molecular formula is C21H27N3O2. The Kier molecular flexibility index (Phi) is 4.97. The molecule has 3 heterocycles. The predicted octanol–water partition coefficient (Wildman–Crippen LogP) is 2.55. The molecule has 5 nitrogen and oxygen atoms in total. The van der Waals surface area contributed by atoms with Crippen molar-refractivity contribution in [1.29, 1.82) is 5.26 Å². The standard InChI is InChI=1S/C21H27N3O2/c22-14-17-2-4-18(5-3-17)15-23-11-9-21(16-23)8-1-10-24(20(21)25)19-6-12-26-13-7-19/h2-5,19H,1,6-13,15-16H2/t21-/m0/s1. The third kappa shape index (κ3) is 3.36. The second-order valence-corrected chi connectivity index (χ2v) is 8.00. The topological polar surface area (TPSA) is 56.6 Å². The highest BCUT2D eigenvalue weighted by molar-refractivity contribution is 5.84. The van der Waals surface area contributed by atoms with Gasteiger partial charge in [0.15, 0.2) is 0 Å². The quantitative estimate of drug-likeness (QED) is 0.838. The van der Waals surface area contributed by atoms with E-state index < -0.39 is 0 Å². The van der Waals surface area contributed by atoms with Crippen LogP contribution in [-0.2, 0) is 16.1 Å². The molecule has 5 heteroatoms. The third-order valence-electron chi connectivity index (χ3n) is 6.32. The van der Waals surface area contributed by atoms with Gasteiger partial charge in [-0.1, -0.05) is 12.1 Å². The smallest absolute Gasteiger partial charge is 0.230 e. The number of rotatable bonds is 3. The molecule has 1 aromatic rings. The highest BCUT2D eigenvalue weighted by atomic mass is 16.5. The van der Waals surface area contributed by atoms with E-state index in [1.165, 1.54) is 5.56 Å². The molecule has 1 spiro atoms. The van der Waals surface area contributed by atoms with Crippen LogP contribution in [0.4, 0.5) is 0 Å². The summed E-state index contributed by atoms with van der Waals surface area (Å²) in [5, 5.41) is 8.93. The number of amides is 1. The Hall–Kier alpha value is -1.90. The maximum Gasteiger partial charge on any atom is 0.230 e. The van der Waals surface area contributed by atoms with Crippen molar-refractivity contribution in [2.75, 3.05) is 32.8 Å². The van der Waals surface area contributed by atoms with Gasteiger partial charge in [-0.2, -0.15) is 5.26 Å². The Labute approximate surface area is 155 Å². The van der Waals surface area contributed by atoms with E-state index >= 15 is 0 Å². The Morgan fingerprint density at radius 2 is 1.92 bits per heavy atom. The van der Waals surface area contributed by atoms with E-state index in [2.05, 4.69) is 15.9 Å². The average Bonchev–Trinajstić information content (AvgIpc) is 3.09. The van der Waals surface area contributed by atoms with Crippen LogP contribution in [0.2, 0.25) is 0 Å². The van der Waals surface area contributed by atoms with Crippen LogP contribution < -0.4 is 0 Å². The molecule has 0 radical (unpaired) electrons. The summed E-state index contributed by atoms with van der Waals surface area (Å²) in [6.45, 7) is 5.19. The van der Waals surface area contributed by atoms with Crippen LogP contribution in [0.15, 0.2) is 24.3 Å². The highest BCUT2D eigenvalue weighted by Crippen LogP contribution is 2.41. The van der Waals surface area contributed by atoms with Crippen LogP contribution in [0.1, 0.15) is 43.2 Å². The number of piperidine rings is 1. The molecule has 3 fully saturated rings. The summed E-state index contributed by atoms with van der Waals surface area (Å²) in [4.78, 5) is 17.9. The van der Waals surface area contributed by atoms with Gasteiger partial charge in [-0.15, -0.1) is 0 Å². The molecule has 0 aliphatic carbocycles. The third-order valence-corrected chi connectivity index (χ3v) is 6.32. The Bertz CT molecular complexity index is 690. The van der Waals surface area contributed by atoms with Crippen molar-refractivity contribution in [1.82, 2.24) is 9.80 Å². The van der Waals surface area contributed by atoms with Crippen LogP contribution >= 0.6 is 0 Å². The fraction of sp³-hybridized carbons (Fsp3) is 0.619. The fourth-order valence-electron chi connectivity index (χ4n) is 4.86. The zero-order chi connectivity index (χ0) is 18.0. The van der Waals surface area contributed by atoms with Crippen LogP contribution in [0, 0.1) is 16.7 Å². The first-order valence-corrected chi connectivity index (χ1v) is 9.80. The molecule has 4 rings (SSSR count). The monoisotopic (exact) mass is 353 g/mol. The first-order chi connectivity index (χ1) is 12.7. The minimum absolute atomic E-state index is 0.177. The van der Waals surface area contributed by atoms with Crippen molar-refractivity contribution in [2.24, 2.45) is 5.41 Å². The second kappa shape index (κ2) is 7.38. The van der Waals surface area contributed by atoms with Crippen LogP contribution in [-0.4, -0.2) is 54.6 Å². The lowest BCUT2D eigenvalue weighted by atomic mass is 9.77. The molecular weight excluding hydrogens is 326 g/mol. The summed E-state index contributed by atoms with van der Waals surface area (Å²) in [7, 11) is 0. The van der Waals surface area contributed by atoms with Gasteiger partial charge in [0.1, 0.15) is 0 Å². The summed E-state index contributed by atoms with van der Waals surface area (Å²) in [6.07, 6.45) is 5.08. The molecule has 3 aliphatic rings. The maximum atomic E-state index is 13.4. The number of likely N-dealkylation sites (tertiary alicyclic amines) is 2. The molecule has 0 N–H and O–H groups in total. The Morgan fingerprint density at radius 3 is 2.65 bits per heavy atom. The van der Waals surface area contributed by atoms with E-state index in [9.17, 15) is 4.79 Å². The number of hydrogen-bond donors (Lipinski definition) is 0. The van der Waals surface area contributed by atoms with Gasteiger partial charge in [0.05, 0.1) is 17.0 Å². The molecule has 138 valence electrons. The number of ether oxygens (including phenoxy) is 1. The van der Waals surface area contributed by atoms with E-state index in [-0.39, 0.29) is 5.41 Å². The molecule has 26 heavy (non-hydrogen) atoms. The van der Waals surface area contributed by atoms with Crippen molar-refractivity contribution in [3.8, 4) is 6.07 Å². The van der Waals surface area contributed by atoms with Crippen LogP contribution in [0.5, 0.6) is 0 Å². The number of carbonyl (C=O) groups excluding carboxylic acids is 1. The van der Waals surface area contributed by atoms with Crippen molar-refractivity contribution < 1.29 is 9.53 Å². The first kappa shape index (κ1) is 17.5. The van der Waals surface area contributed by atoms with Crippen molar-refractivity contribution in [3.63, 3.8) is 0 Å². The van der Waals surface area contributed by atoms with Gasteiger partial charge < -0.3 is 9.64 Å². The molecule has 1 atom stereocenters. The summed E-state index contributed by atoms with van der Waals surface area (Å²) < 4.78 is 5.48. The van der Waals surface area contributed by atoms with Crippen LogP contribution in [0.25, 0.3) is 0 Å². The van der Waals surface area contributed by atoms with Gasteiger partial charge in [0, 0.05) is 38.9 Å². The summed E-state index contributed by atoms with van der Waals surface area (Å²) in [5.41, 5.74) is 1.73. The molecule has 1 amide bonds. The van der Waals surface area contributed by atoms with Gasteiger partial charge in [0.2, 0.25) is 5.91 Å². The lowest BCUT2D eigenvalue weighted by Gasteiger charge is -2.44. The number of nitrogens with zero attached hydrogens (tertiary/aromatic N) is 3.